The molecule has 3 rings (SSSR count). The van der Waals surface area contributed by atoms with Gasteiger partial charge in [0, 0.05) is 17.2 Å². The summed E-state index contributed by atoms with van der Waals surface area (Å²) in [6, 6.07) is 14.1. The average molecular weight is 324 g/mol. The van der Waals surface area contributed by atoms with Crippen LogP contribution in [0, 0.1) is 19.7 Å². The van der Waals surface area contributed by atoms with Crippen LogP contribution in [0.2, 0.25) is 0 Å². The molecule has 1 N–H and O–H groups in total. The summed E-state index contributed by atoms with van der Waals surface area (Å²) in [5.41, 5.74) is 3.60. The first-order chi connectivity index (χ1) is 11.5. The zero-order valence-electron chi connectivity index (χ0n) is 13.5. The van der Waals surface area contributed by atoms with E-state index < -0.39 is 5.82 Å². The zero-order chi connectivity index (χ0) is 17.1. The Kier molecular flexibility index (Phi) is 4.42. The Morgan fingerprint density at radius 3 is 2.58 bits per heavy atom. The molecular weight excluding hydrogens is 307 g/mol. The van der Waals surface area contributed by atoms with Gasteiger partial charge in [0.2, 0.25) is 0 Å². The van der Waals surface area contributed by atoms with Crippen LogP contribution in [0.15, 0.2) is 53.1 Å². The van der Waals surface area contributed by atoms with E-state index in [9.17, 15) is 9.18 Å². The molecule has 0 aliphatic heterocycles. The average Bonchev–Trinajstić information content (AvgIpc) is 3.05. The van der Waals surface area contributed by atoms with Crippen LogP contribution in [0.1, 0.15) is 27.2 Å². The number of aromatic nitrogens is 1. The molecule has 0 fully saturated rings. The van der Waals surface area contributed by atoms with Crippen molar-refractivity contribution in [3.63, 3.8) is 0 Å². The summed E-state index contributed by atoms with van der Waals surface area (Å²) in [6.07, 6.45) is 0. The van der Waals surface area contributed by atoms with Crippen molar-refractivity contribution >= 4 is 5.91 Å². The fourth-order valence-electron chi connectivity index (χ4n) is 2.26. The summed E-state index contributed by atoms with van der Waals surface area (Å²) < 4.78 is 18.8. The minimum atomic E-state index is -0.399. The summed E-state index contributed by atoms with van der Waals surface area (Å²) in [4.78, 5) is 12.1. The molecule has 0 aliphatic carbocycles. The number of halogens is 1. The van der Waals surface area contributed by atoms with Crippen LogP contribution in [0.4, 0.5) is 4.39 Å². The number of carbonyl (C=O) groups is 1. The van der Waals surface area contributed by atoms with E-state index in [0.717, 1.165) is 5.56 Å². The Hall–Kier alpha value is -2.95. The molecule has 0 spiro atoms. The lowest BCUT2D eigenvalue weighted by atomic mass is 10.1. The monoisotopic (exact) mass is 324 g/mol. The maximum atomic E-state index is 13.5. The van der Waals surface area contributed by atoms with Gasteiger partial charge < -0.3 is 9.84 Å². The second-order valence-electron chi connectivity index (χ2n) is 5.69. The zero-order valence-corrected chi connectivity index (χ0v) is 13.5. The minimum absolute atomic E-state index is 0.188. The summed E-state index contributed by atoms with van der Waals surface area (Å²) in [7, 11) is 0. The molecule has 0 atom stereocenters. The van der Waals surface area contributed by atoms with Crippen LogP contribution < -0.4 is 5.32 Å². The van der Waals surface area contributed by atoms with Crippen molar-refractivity contribution in [2.75, 3.05) is 0 Å². The summed E-state index contributed by atoms with van der Waals surface area (Å²) >= 11 is 0. The summed E-state index contributed by atoms with van der Waals surface area (Å²) in [5.74, 6) is -0.224. The Balaban J connectivity index is 1.65. The van der Waals surface area contributed by atoms with E-state index in [1.54, 1.807) is 25.1 Å². The van der Waals surface area contributed by atoms with E-state index >= 15 is 0 Å². The predicted molar refractivity (Wildman–Crippen MR) is 89.0 cm³/mol. The number of hydrogen-bond donors (Lipinski definition) is 1. The molecule has 4 nitrogen and oxygen atoms in total. The number of aryl methyl sites for hydroxylation is 2. The predicted octanol–water partition coefficient (Wildman–Crippen LogP) is 4.03. The standard InChI is InChI=1S/C19H17FN2O2/c1-12-3-6-14(7-4-12)18-10-16(24-22-18)11-21-19(23)15-8-5-13(2)17(20)9-15/h3-10H,11H2,1-2H3,(H,21,23). The molecule has 5 heteroatoms. The van der Waals surface area contributed by atoms with Crippen LogP contribution in [0.5, 0.6) is 0 Å². The third-order valence-electron chi connectivity index (χ3n) is 3.76. The van der Waals surface area contributed by atoms with Gasteiger partial charge in [-0.1, -0.05) is 41.1 Å². The number of hydrogen-bond acceptors (Lipinski definition) is 3. The quantitative estimate of drug-likeness (QED) is 0.788. The normalized spacial score (nSPS) is 10.6. The van der Waals surface area contributed by atoms with Crippen LogP contribution in [-0.4, -0.2) is 11.1 Å². The van der Waals surface area contributed by atoms with Crippen molar-refractivity contribution in [2.24, 2.45) is 0 Å². The van der Waals surface area contributed by atoms with E-state index in [-0.39, 0.29) is 18.0 Å². The van der Waals surface area contributed by atoms with Gasteiger partial charge in [-0.3, -0.25) is 4.79 Å². The van der Waals surface area contributed by atoms with E-state index in [1.165, 1.54) is 11.6 Å². The molecule has 1 heterocycles. The van der Waals surface area contributed by atoms with Gasteiger partial charge in [0.05, 0.1) is 6.54 Å². The van der Waals surface area contributed by atoms with Crippen LogP contribution in [0.3, 0.4) is 0 Å². The third-order valence-corrected chi connectivity index (χ3v) is 3.76. The maximum Gasteiger partial charge on any atom is 0.251 e. The lowest BCUT2D eigenvalue weighted by Crippen LogP contribution is -2.22. The topological polar surface area (TPSA) is 55.1 Å². The molecule has 0 saturated carbocycles. The molecule has 1 amide bonds. The van der Waals surface area contributed by atoms with Crippen molar-refractivity contribution in [3.8, 4) is 11.3 Å². The lowest BCUT2D eigenvalue weighted by molar-refractivity contribution is 0.0946. The number of nitrogens with one attached hydrogen (secondary N) is 1. The van der Waals surface area contributed by atoms with Crippen LogP contribution in [0.25, 0.3) is 11.3 Å². The number of rotatable bonds is 4. The third kappa shape index (κ3) is 3.51. The van der Waals surface area contributed by atoms with Crippen molar-refractivity contribution in [2.45, 2.75) is 20.4 Å². The van der Waals surface area contributed by atoms with Gasteiger partial charge >= 0.3 is 0 Å². The highest BCUT2D eigenvalue weighted by molar-refractivity contribution is 5.94. The van der Waals surface area contributed by atoms with Crippen molar-refractivity contribution < 1.29 is 13.7 Å². The number of benzene rings is 2. The van der Waals surface area contributed by atoms with Crippen molar-refractivity contribution in [3.05, 3.63) is 76.8 Å². The SMILES string of the molecule is Cc1ccc(-c2cc(CNC(=O)c3ccc(C)c(F)c3)on2)cc1. The Labute approximate surface area is 139 Å². The van der Waals surface area contributed by atoms with Gasteiger partial charge in [-0.15, -0.1) is 0 Å². The first-order valence-electron chi connectivity index (χ1n) is 7.60. The largest absolute Gasteiger partial charge is 0.359 e. The number of amides is 1. The number of nitrogens with zero attached hydrogens (tertiary/aromatic N) is 1. The van der Waals surface area contributed by atoms with E-state index in [2.05, 4.69) is 10.5 Å². The van der Waals surface area contributed by atoms with Gasteiger partial charge in [0.15, 0.2) is 5.76 Å². The summed E-state index contributed by atoms with van der Waals surface area (Å²) in [6.45, 7) is 3.85. The van der Waals surface area contributed by atoms with E-state index in [1.807, 2.05) is 31.2 Å². The molecule has 0 aliphatic rings. The second-order valence-corrected chi connectivity index (χ2v) is 5.69. The van der Waals surface area contributed by atoms with Crippen molar-refractivity contribution in [1.82, 2.24) is 10.5 Å². The van der Waals surface area contributed by atoms with E-state index in [4.69, 9.17) is 4.52 Å². The summed E-state index contributed by atoms with van der Waals surface area (Å²) in [5, 5.41) is 6.70. The van der Waals surface area contributed by atoms with Gasteiger partial charge in [-0.25, -0.2) is 4.39 Å². The highest BCUT2D eigenvalue weighted by Crippen LogP contribution is 2.19. The second kappa shape index (κ2) is 6.66. The molecule has 1 aromatic heterocycles. The van der Waals surface area contributed by atoms with Crippen molar-refractivity contribution in [1.29, 1.82) is 0 Å². The maximum absolute atomic E-state index is 13.5. The Morgan fingerprint density at radius 2 is 1.88 bits per heavy atom. The van der Waals surface area contributed by atoms with Gasteiger partial charge in [-0.05, 0) is 31.5 Å². The Bertz CT molecular complexity index is 869. The van der Waals surface area contributed by atoms with Gasteiger partial charge in [-0.2, -0.15) is 0 Å². The highest BCUT2D eigenvalue weighted by Gasteiger charge is 2.11. The fourth-order valence-corrected chi connectivity index (χ4v) is 2.26. The highest BCUT2D eigenvalue weighted by atomic mass is 19.1. The van der Waals surface area contributed by atoms with Gasteiger partial charge in [0.25, 0.3) is 5.91 Å². The molecule has 0 radical (unpaired) electrons. The molecule has 122 valence electrons. The molecule has 3 aromatic rings. The first kappa shape index (κ1) is 15.9. The fraction of sp³-hybridized carbons (Fsp3) is 0.158. The minimum Gasteiger partial charge on any atom is -0.359 e. The molecule has 2 aromatic carbocycles. The number of carbonyl (C=O) groups excluding carboxylic acids is 1. The molecule has 0 bridgehead atoms. The first-order valence-corrected chi connectivity index (χ1v) is 7.60. The van der Waals surface area contributed by atoms with Gasteiger partial charge in [0.1, 0.15) is 11.5 Å². The Morgan fingerprint density at radius 1 is 1.12 bits per heavy atom. The molecule has 0 unspecified atom stereocenters. The van der Waals surface area contributed by atoms with Crippen LogP contribution in [-0.2, 0) is 6.54 Å². The van der Waals surface area contributed by atoms with Crippen LogP contribution >= 0.6 is 0 Å². The smallest absolute Gasteiger partial charge is 0.251 e. The molecule has 24 heavy (non-hydrogen) atoms. The van der Waals surface area contributed by atoms with E-state index in [0.29, 0.717) is 17.0 Å². The molecule has 0 saturated heterocycles. The lowest BCUT2D eigenvalue weighted by Gasteiger charge is -2.04. The molecular formula is C19H17FN2O2.